The lowest BCUT2D eigenvalue weighted by atomic mass is 9.68. The van der Waals surface area contributed by atoms with Gasteiger partial charge in [0.1, 0.15) is 5.41 Å². The molecule has 0 spiro atoms. The van der Waals surface area contributed by atoms with Gasteiger partial charge < -0.3 is 15.5 Å². The Hall–Kier alpha value is -4.22. The lowest BCUT2D eigenvalue weighted by Gasteiger charge is -2.35. The molecule has 2 N–H and O–H groups in total. The molecule has 1 aliphatic heterocycles. The van der Waals surface area contributed by atoms with Crippen LogP contribution in [-0.4, -0.2) is 42.9 Å². The van der Waals surface area contributed by atoms with Gasteiger partial charge in [0.05, 0.1) is 0 Å². The number of piperidine rings is 1. The minimum atomic E-state index is -0.939. The van der Waals surface area contributed by atoms with Gasteiger partial charge in [-0.05, 0) is 79.2 Å². The first-order valence-corrected chi connectivity index (χ1v) is 15.6. The number of amides is 2. The van der Waals surface area contributed by atoms with Crippen molar-refractivity contribution < 1.29 is 9.59 Å². The predicted molar refractivity (Wildman–Crippen MR) is 175 cm³/mol. The molecule has 0 aliphatic carbocycles. The lowest BCUT2D eigenvalue weighted by Crippen LogP contribution is -2.47. The second kappa shape index (κ2) is 14.3. The SMILES string of the molecule is CC(C)C(=O)Nc1cccc(C2CCN(CCCNC(=O)C(c3ccccc3)(c3ccccc3)c3ccccc3)CC2)c1. The van der Waals surface area contributed by atoms with Crippen LogP contribution in [0.15, 0.2) is 115 Å². The third-order valence-electron chi connectivity index (χ3n) is 8.64. The fourth-order valence-electron chi connectivity index (χ4n) is 6.24. The van der Waals surface area contributed by atoms with E-state index in [4.69, 9.17) is 0 Å². The van der Waals surface area contributed by atoms with Crippen LogP contribution in [0.4, 0.5) is 5.69 Å². The number of likely N-dealkylation sites (tertiary alicyclic amines) is 1. The van der Waals surface area contributed by atoms with E-state index in [-0.39, 0.29) is 17.7 Å². The Bertz CT molecular complexity index is 1370. The minimum Gasteiger partial charge on any atom is -0.355 e. The van der Waals surface area contributed by atoms with Crippen molar-refractivity contribution >= 4 is 17.5 Å². The van der Waals surface area contributed by atoms with Crippen LogP contribution in [0, 0.1) is 5.92 Å². The highest BCUT2D eigenvalue weighted by atomic mass is 16.2. The molecular formula is C38H43N3O2. The van der Waals surface area contributed by atoms with Crippen molar-refractivity contribution in [3.8, 4) is 0 Å². The van der Waals surface area contributed by atoms with Crippen LogP contribution in [0.3, 0.4) is 0 Å². The largest absolute Gasteiger partial charge is 0.355 e. The Labute approximate surface area is 256 Å². The summed E-state index contributed by atoms with van der Waals surface area (Å²) < 4.78 is 0. The summed E-state index contributed by atoms with van der Waals surface area (Å²) in [5, 5.41) is 6.35. The number of nitrogens with zero attached hydrogens (tertiary/aromatic N) is 1. The number of carbonyl (C=O) groups is 2. The van der Waals surface area contributed by atoms with Crippen LogP contribution in [0.1, 0.15) is 61.3 Å². The highest BCUT2D eigenvalue weighted by molar-refractivity contribution is 5.96. The number of hydrogen-bond acceptors (Lipinski definition) is 3. The molecule has 0 radical (unpaired) electrons. The molecule has 1 heterocycles. The fraction of sp³-hybridized carbons (Fsp3) is 0.316. The van der Waals surface area contributed by atoms with Crippen molar-refractivity contribution in [3.05, 3.63) is 138 Å². The predicted octanol–water partition coefficient (Wildman–Crippen LogP) is 7.00. The van der Waals surface area contributed by atoms with Crippen LogP contribution in [0.2, 0.25) is 0 Å². The van der Waals surface area contributed by atoms with Crippen LogP contribution >= 0.6 is 0 Å². The molecular weight excluding hydrogens is 530 g/mol. The average Bonchev–Trinajstić information content (AvgIpc) is 3.05. The molecule has 4 aromatic carbocycles. The van der Waals surface area contributed by atoms with Gasteiger partial charge in [0.2, 0.25) is 11.8 Å². The third kappa shape index (κ3) is 7.06. The normalized spacial score (nSPS) is 14.4. The van der Waals surface area contributed by atoms with Gasteiger partial charge in [0, 0.05) is 18.2 Å². The summed E-state index contributed by atoms with van der Waals surface area (Å²) in [4.78, 5) is 28.9. The summed E-state index contributed by atoms with van der Waals surface area (Å²) in [6.07, 6.45) is 3.07. The van der Waals surface area contributed by atoms with E-state index in [9.17, 15) is 9.59 Å². The topological polar surface area (TPSA) is 61.4 Å². The zero-order valence-corrected chi connectivity index (χ0v) is 25.3. The first-order chi connectivity index (χ1) is 21.0. The van der Waals surface area contributed by atoms with Gasteiger partial charge in [-0.25, -0.2) is 0 Å². The van der Waals surface area contributed by atoms with Crippen molar-refractivity contribution in [3.63, 3.8) is 0 Å². The van der Waals surface area contributed by atoms with Crippen molar-refractivity contribution in [2.75, 3.05) is 31.5 Å². The van der Waals surface area contributed by atoms with Crippen molar-refractivity contribution in [2.45, 2.75) is 44.4 Å². The monoisotopic (exact) mass is 573 g/mol. The van der Waals surface area contributed by atoms with E-state index in [1.54, 1.807) is 0 Å². The minimum absolute atomic E-state index is 0.000696. The molecule has 2 amide bonds. The molecule has 0 unspecified atom stereocenters. The van der Waals surface area contributed by atoms with Gasteiger partial charge in [-0.3, -0.25) is 9.59 Å². The maximum atomic E-state index is 14.3. The van der Waals surface area contributed by atoms with E-state index in [0.717, 1.165) is 61.3 Å². The van der Waals surface area contributed by atoms with E-state index in [0.29, 0.717) is 12.5 Å². The first kappa shape index (κ1) is 30.2. The van der Waals surface area contributed by atoms with E-state index in [1.807, 2.05) is 80.6 Å². The van der Waals surface area contributed by atoms with Gasteiger partial charge in [-0.2, -0.15) is 0 Å². The summed E-state index contributed by atoms with van der Waals surface area (Å²) in [6.45, 7) is 7.45. The second-order valence-corrected chi connectivity index (χ2v) is 11.8. The molecule has 4 aromatic rings. The average molecular weight is 574 g/mol. The van der Waals surface area contributed by atoms with Crippen LogP contribution < -0.4 is 10.6 Å². The zero-order chi connectivity index (χ0) is 30.1. The quantitative estimate of drug-likeness (QED) is 0.150. The Balaban J connectivity index is 1.20. The van der Waals surface area contributed by atoms with Gasteiger partial charge in [0.15, 0.2) is 0 Å². The molecule has 222 valence electrons. The van der Waals surface area contributed by atoms with E-state index >= 15 is 0 Å². The van der Waals surface area contributed by atoms with Crippen LogP contribution in [0.25, 0.3) is 0 Å². The smallest absolute Gasteiger partial charge is 0.239 e. The maximum absolute atomic E-state index is 14.3. The Morgan fingerprint density at radius 2 is 1.30 bits per heavy atom. The summed E-state index contributed by atoms with van der Waals surface area (Å²) >= 11 is 0. The van der Waals surface area contributed by atoms with Crippen molar-refractivity contribution in [1.29, 1.82) is 0 Å². The number of carbonyl (C=O) groups excluding carboxylic acids is 2. The molecule has 0 aromatic heterocycles. The highest BCUT2D eigenvalue weighted by Gasteiger charge is 2.43. The molecule has 5 rings (SSSR count). The number of rotatable bonds is 11. The molecule has 5 nitrogen and oxygen atoms in total. The standard InChI is InChI=1S/C38H43N3O2/c1-29(2)36(42)40-35-21-12-14-31(28-35)30-22-26-41(27-23-30)25-13-24-39-37(43)38(32-15-6-3-7-16-32,33-17-8-4-9-18-33)34-19-10-5-11-20-34/h3-12,14-21,28-30H,13,22-27H2,1-2H3,(H,39,43)(H,40,42). The molecule has 1 saturated heterocycles. The molecule has 5 heteroatoms. The second-order valence-electron chi connectivity index (χ2n) is 11.8. The van der Waals surface area contributed by atoms with E-state index in [1.165, 1.54) is 5.56 Å². The Kier molecular flexibility index (Phi) is 10.1. The Morgan fingerprint density at radius 1 is 0.767 bits per heavy atom. The highest BCUT2D eigenvalue weighted by Crippen LogP contribution is 2.39. The molecule has 1 aliphatic rings. The molecule has 0 atom stereocenters. The number of anilines is 1. The zero-order valence-electron chi connectivity index (χ0n) is 25.3. The van der Waals surface area contributed by atoms with Gasteiger partial charge in [-0.1, -0.05) is 117 Å². The van der Waals surface area contributed by atoms with Gasteiger partial charge in [-0.15, -0.1) is 0 Å². The number of hydrogen-bond donors (Lipinski definition) is 2. The summed E-state index contributed by atoms with van der Waals surface area (Å²) in [5.74, 6) is 0.505. The maximum Gasteiger partial charge on any atom is 0.239 e. The van der Waals surface area contributed by atoms with E-state index in [2.05, 4.69) is 64.1 Å². The third-order valence-corrected chi connectivity index (χ3v) is 8.64. The summed E-state index contributed by atoms with van der Waals surface area (Å²) in [6, 6.07) is 38.6. The van der Waals surface area contributed by atoms with Crippen LogP contribution in [-0.2, 0) is 15.0 Å². The van der Waals surface area contributed by atoms with Crippen molar-refractivity contribution in [1.82, 2.24) is 10.2 Å². The first-order valence-electron chi connectivity index (χ1n) is 15.6. The Morgan fingerprint density at radius 3 is 1.81 bits per heavy atom. The lowest BCUT2D eigenvalue weighted by molar-refractivity contribution is -0.124. The number of benzene rings is 4. The molecule has 1 fully saturated rings. The van der Waals surface area contributed by atoms with Crippen LogP contribution in [0.5, 0.6) is 0 Å². The van der Waals surface area contributed by atoms with Gasteiger partial charge in [0.25, 0.3) is 0 Å². The summed E-state index contributed by atoms with van der Waals surface area (Å²) in [7, 11) is 0. The molecule has 0 bridgehead atoms. The fourth-order valence-corrected chi connectivity index (χ4v) is 6.24. The van der Waals surface area contributed by atoms with Gasteiger partial charge >= 0.3 is 0 Å². The summed E-state index contributed by atoms with van der Waals surface area (Å²) in [5.41, 5.74) is 4.12. The number of nitrogens with one attached hydrogen (secondary N) is 2. The van der Waals surface area contributed by atoms with Crippen molar-refractivity contribution in [2.24, 2.45) is 5.92 Å². The van der Waals surface area contributed by atoms with E-state index < -0.39 is 5.41 Å². The molecule has 0 saturated carbocycles. The molecule has 43 heavy (non-hydrogen) atoms.